The summed E-state index contributed by atoms with van der Waals surface area (Å²) in [6, 6.07) is 17.7. The van der Waals surface area contributed by atoms with Crippen molar-refractivity contribution < 1.29 is 4.74 Å². The molecule has 178 valence electrons. The number of rotatable bonds is 8. The molecule has 0 radical (unpaired) electrons. The van der Waals surface area contributed by atoms with E-state index in [4.69, 9.17) is 21.3 Å². The van der Waals surface area contributed by atoms with Crippen molar-refractivity contribution in [3.05, 3.63) is 81.1 Å². The van der Waals surface area contributed by atoms with Gasteiger partial charge in [-0.3, -0.25) is 9.89 Å². The Morgan fingerprint density at radius 2 is 1.82 bits per heavy atom. The molecule has 0 aliphatic carbocycles. The van der Waals surface area contributed by atoms with Crippen molar-refractivity contribution in [2.24, 2.45) is 0 Å². The summed E-state index contributed by atoms with van der Waals surface area (Å²) in [5.41, 5.74) is 4.82. The maximum absolute atomic E-state index is 12.0. The van der Waals surface area contributed by atoms with Crippen molar-refractivity contribution in [1.29, 1.82) is 0 Å². The maximum atomic E-state index is 12.0. The third-order valence-electron chi connectivity index (χ3n) is 5.78. The average Bonchev–Trinajstić information content (AvgIpc) is 3.18. The van der Waals surface area contributed by atoms with Gasteiger partial charge in [0.25, 0.3) is 5.56 Å². The molecule has 0 bridgehead atoms. The minimum atomic E-state index is -0.156. The standard InChI is InChI=1S/C27H31ClN4O2/c1-18-15-22(11-12-23(18)28)34-14-6-5-13-29-26-30-24(16-21-17-25(33)31-32(21)26)19-7-9-20(10-8-19)27(2,3)4/h7-12,15-17H,5-6,13-14H2,1-4H3,(H,29,30)(H,31,33). The molecule has 2 heterocycles. The topological polar surface area (TPSA) is 71.4 Å². The molecule has 0 atom stereocenters. The SMILES string of the molecule is Cc1cc(OCCCCNc2nc(-c3ccc(C(C)(C)C)cc3)cc3cc(=O)[nH]n23)ccc1Cl. The number of aromatic nitrogens is 3. The lowest BCUT2D eigenvalue weighted by molar-refractivity contribution is 0.308. The Balaban J connectivity index is 1.41. The first-order valence-corrected chi connectivity index (χ1v) is 11.9. The Morgan fingerprint density at radius 3 is 2.53 bits per heavy atom. The van der Waals surface area contributed by atoms with Crippen LogP contribution in [-0.2, 0) is 5.41 Å². The van der Waals surface area contributed by atoms with Gasteiger partial charge in [0.2, 0.25) is 5.95 Å². The fourth-order valence-electron chi connectivity index (χ4n) is 3.76. The summed E-state index contributed by atoms with van der Waals surface area (Å²) in [6.07, 6.45) is 1.78. The van der Waals surface area contributed by atoms with Gasteiger partial charge in [-0.15, -0.1) is 0 Å². The van der Waals surface area contributed by atoms with Gasteiger partial charge in [-0.1, -0.05) is 56.6 Å². The van der Waals surface area contributed by atoms with E-state index >= 15 is 0 Å². The average molecular weight is 479 g/mol. The maximum Gasteiger partial charge on any atom is 0.265 e. The van der Waals surface area contributed by atoms with Gasteiger partial charge >= 0.3 is 0 Å². The fraction of sp³-hybridized carbons (Fsp3) is 0.333. The second-order valence-electron chi connectivity index (χ2n) is 9.57. The predicted molar refractivity (Wildman–Crippen MR) is 139 cm³/mol. The molecule has 2 N–H and O–H groups in total. The zero-order valence-electron chi connectivity index (χ0n) is 20.1. The summed E-state index contributed by atoms with van der Waals surface area (Å²) in [6.45, 7) is 9.88. The minimum absolute atomic E-state index is 0.0900. The molecule has 0 aliphatic heterocycles. The van der Waals surface area contributed by atoms with Crippen LogP contribution in [0.2, 0.25) is 5.02 Å². The van der Waals surface area contributed by atoms with Crippen molar-refractivity contribution in [1.82, 2.24) is 14.6 Å². The molecule has 0 saturated carbocycles. The van der Waals surface area contributed by atoms with Crippen molar-refractivity contribution in [3.63, 3.8) is 0 Å². The van der Waals surface area contributed by atoms with Crippen LogP contribution in [0, 0.1) is 6.92 Å². The molecular weight excluding hydrogens is 448 g/mol. The Hall–Kier alpha value is -3.25. The van der Waals surface area contributed by atoms with Crippen molar-refractivity contribution in [2.75, 3.05) is 18.5 Å². The van der Waals surface area contributed by atoms with E-state index < -0.39 is 0 Å². The van der Waals surface area contributed by atoms with E-state index in [1.807, 2.05) is 31.2 Å². The lowest BCUT2D eigenvalue weighted by Crippen LogP contribution is -2.12. The first kappa shape index (κ1) is 23.9. The summed E-state index contributed by atoms with van der Waals surface area (Å²) in [7, 11) is 0. The smallest absolute Gasteiger partial charge is 0.265 e. The van der Waals surface area contributed by atoms with Gasteiger partial charge < -0.3 is 10.1 Å². The van der Waals surface area contributed by atoms with Crippen LogP contribution >= 0.6 is 11.6 Å². The summed E-state index contributed by atoms with van der Waals surface area (Å²) >= 11 is 6.07. The van der Waals surface area contributed by atoms with Crippen LogP contribution < -0.4 is 15.6 Å². The van der Waals surface area contributed by atoms with E-state index in [0.29, 0.717) is 19.1 Å². The number of nitrogens with one attached hydrogen (secondary N) is 2. The van der Waals surface area contributed by atoms with E-state index in [1.54, 1.807) is 10.6 Å². The zero-order chi connectivity index (χ0) is 24.3. The molecule has 6 nitrogen and oxygen atoms in total. The van der Waals surface area contributed by atoms with Crippen molar-refractivity contribution in [2.45, 2.75) is 46.0 Å². The van der Waals surface area contributed by atoms with Gasteiger partial charge in [-0.25, -0.2) is 9.50 Å². The van der Waals surface area contributed by atoms with Gasteiger partial charge in [-0.05, 0) is 60.6 Å². The molecule has 0 saturated heterocycles. The largest absolute Gasteiger partial charge is 0.494 e. The summed E-state index contributed by atoms with van der Waals surface area (Å²) in [5.74, 6) is 1.44. The van der Waals surface area contributed by atoms with Gasteiger partial charge in [0.05, 0.1) is 17.8 Å². The number of unbranched alkanes of at least 4 members (excludes halogenated alkanes) is 1. The van der Waals surface area contributed by atoms with Gasteiger partial charge in [0, 0.05) is 23.2 Å². The number of aromatic amines is 1. The number of H-pyrrole nitrogens is 1. The third kappa shape index (κ3) is 5.62. The van der Waals surface area contributed by atoms with Crippen LogP contribution in [0.1, 0.15) is 44.7 Å². The number of ether oxygens (including phenoxy) is 1. The van der Waals surface area contributed by atoms with Crippen LogP contribution in [0.5, 0.6) is 5.75 Å². The molecule has 34 heavy (non-hydrogen) atoms. The number of halogens is 1. The monoisotopic (exact) mass is 478 g/mol. The molecule has 4 rings (SSSR count). The van der Waals surface area contributed by atoms with Crippen molar-refractivity contribution in [3.8, 4) is 17.0 Å². The Bertz CT molecular complexity index is 1330. The van der Waals surface area contributed by atoms with E-state index in [2.05, 4.69) is 55.5 Å². The summed E-state index contributed by atoms with van der Waals surface area (Å²) in [5, 5.41) is 6.93. The van der Waals surface area contributed by atoms with E-state index in [-0.39, 0.29) is 11.0 Å². The lowest BCUT2D eigenvalue weighted by atomic mass is 9.86. The van der Waals surface area contributed by atoms with Crippen LogP contribution in [0.3, 0.4) is 0 Å². The Kier molecular flexibility index (Phi) is 6.98. The van der Waals surface area contributed by atoms with Gasteiger partial charge in [-0.2, -0.15) is 0 Å². The first-order chi connectivity index (χ1) is 16.2. The van der Waals surface area contributed by atoms with Gasteiger partial charge in [0.15, 0.2) is 0 Å². The van der Waals surface area contributed by atoms with Gasteiger partial charge in [0.1, 0.15) is 5.75 Å². The quantitative estimate of drug-likeness (QED) is 0.295. The second-order valence-corrected chi connectivity index (χ2v) is 9.97. The van der Waals surface area contributed by atoms with Crippen molar-refractivity contribution >= 4 is 23.1 Å². The van der Waals surface area contributed by atoms with Crippen LogP contribution in [-0.4, -0.2) is 27.7 Å². The molecule has 0 aliphatic rings. The molecule has 0 unspecified atom stereocenters. The van der Waals surface area contributed by atoms with Crippen LogP contribution in [0.25, 0.3) is 16.8 Å². The number of anilines is 1. The zero-order valence-corrected chi connectivity index (χ0v) is 20.9. The fourth-order valence-corrected chi connectivity index (χ4v) is 3.87. The van der Waals surface area contributed by atoms with E-state index in [9.17, 15) is 4.79 Å². The van der Waals surface area contributed by atoms with Crippen LogP contribution in [0.4, 0.5) is 5.95 Å². The second kappa shape index (κ2) is 9.94. The predicted octanol–water partition coefficient (Wildman–Crippen LogP) is 6.22. The molecule has 2 aromatic heterocycles. The lowest BCUT2D eigenvalue weighted by Gasteiger charge is -2.19. The van der Waals surface area contributed by atoms with Crippen LogP contribution in [0.15, 0.2) is 59.4 Å². The number of hydrogen-bond acceptors (Lipinski definition) is 4. The van der Waals surface area contributed by atoms with E-state index in [1.165, 1.54) is 5.56 Å². The number of benzene rings is 2. The number of nitrogens with zero attached hydrogens (tertiary/aromatic N) is 2. The highest BCUT2D eigenvalue weighted by molar-refractivity contribution is 6.31. The number of aryl methyl sites for hydroxylation is 1. The Labute approximate surface area is 204 Å². The van der Waals surface area contributed by atoms with E-state index in [0.717, 1.165) is 46.0 Å². The molecule has 2 aromatic carbocycles. The molecule has 4 aromatic rings. The highest BCUT2D eigenvalue weighted by Crippen LogP contribution is 2.27. The summed E-state index contributed by atoms with van der Waals surface area (Å²) < 4.78 is 7.52. The summed E-state index contributed by atoms with van der Waals surface area (Å²) in [4.78, 5) is 16.8. The molecular formula is C27H31ClN4O2. The highest BCUT2D eigenvalue weighted by atomic mass is 35.5. The Morgan fingerprint density at radius 1 is 1.06 bits per heavy atom. The normalized spacial score (nSPS) is 11.7. The highest BCUT2D eigenvalue weighted by Gasteiger charge is 2.14. The molecule has 7 heteroatoms. The molecule has 0 fully saturated rings. The first-order valence-electron chi connectivity index (χ1n) is 11.6. The minimum Gasteiger partial charge on any atom is -0.494 e. The molecule has 0 amide bonds. The number of hydrogen-bond donors (Lipinski definition) is 2. The third-order valence-corrected chi connectivity index (χ3v) is 6.21. The number of fused-ring (bicyclic) bond motifs is 1. The molecule has 0 spiro atoms.